The molecule has 0 unspecified atom stereocenters. The van der Waals surface area contributed by atoms with Gasteiger partial charge in [-0.2, -0.15) is 0 Å². The maximum atomic E-state index is 10.6. The lowest BCUT2D eigenvalue weighted by Crippen LogP contribution is -1.94. The van der Waals surface area contributed by atoms with E-state index in [-0.39, 0.29) is 0 Å². The number of carbonyl (C=O) groups is 1. The van der Waals surface area contributed by atoms with E-state index < -0.39 is 5.97 Å². The zero-order chi connectivity index (χ0) is 12.5. The van der Waals surface area contributed by atoms with Crippen LogP contribution in [0, 0.1) is 11.8 Å². The molecule has 90 valence electrons. The van der Waals surface area contributed by atoms with Crippen LogP contribution in [0.3, 0.4) is 0 Å². The molecule has 0 spiro atoms. The largest absolute Gasteiger partial charge is 0.478 e. The molecular formula is C15H18O2. The number of hydrogen-bond acceptors (Lipinski definition) is 1. The van der Waals surface area contributed by atoms with Gasteiger partial charge in [-0.05, 0) is 30.7 Å². The van der Waals surface area contributed by atoms with Gasteiger partial charge in [0.05, 0.1) is 5.56 Å². The second-order valence-electron chi connectivity index (χ2n) is 3.99. The van der Waals surface area contributed by atoms with Crippen molar-refractivity contribution in [3.63, 3.8) is 0 Å². The van der Waals surface area contributed by atoms with E-state index in [4.69, 9.17) is 5.11 Å². The first-order chi connectivity index (χ1) is 8.24. The molecular weight excluding hydrogens is 212 g/mol. The maximum absolute atomic E-state index is 10.6. The molecule has 17 heavy (non-hydrogen) atoms. The van der Waals surface area contributed by atoms with Crippen LogP contribution in [0.15, 0.2) is 24.3 Å². The van der Waals surface area contributed by atoms with Crippen LogP contribution < -0.4 is 0 Å². The van der Waals surface area contributed by atoms with Gasteiger partial charge in [0.25, 0.3) is 0 Å². The summed E-state index contributed by atoms with van der Waals surface area (Å²) >= 11 is 0. The number of unbranched alkanes of at least 4 members (excludes halogenated alkanes) is 4. The zero-order valence-corrected chi connectivity index (χ0v) is 10.2. The summed E-state index contributed by atoms with van der Waals surface area (Å²) in [7, 11) is 0. The molecule has 0 fully saturated rings. The highest BCUT2D eigenvalue weighted by atomic mass is 16.4. The minimum atomic E-state index is -0.899. The lowest BCUT2D eigenvalue weighted by Gasteiger charge is -1.94. The van der Waals surface area contributed by atoms with E-state index in [1.165, 1.54) is 19.3 Å². The topological polar surface area (TPSA) is 37.3 Å². The summed E-state index contributed by atoms with van der Waals surface area (Å²) in [6.45, 7) is 2.19. The van der Waals surface area contributed by atoms with Gasteiger partial charge in [-0.1, -0.05) is 38.0 Å². The Morgan fingerprint density at radius 2 is 1.88 bits per heavy atom. The molecule has 1 aromatic carbocycles. The van der Waals surface area contributed by atoms with E-state index in [0.29, 0.717) is 5.56 Å². The van der Waals surface area contributed by atoms with Gasteiger partial charge in [-0.15, -0.1) is 0 Å². The van der Waals surface area contributed by atoms with Crippen molar-refractivity contribution >= 4 is 5.97 Å². The number of carboxylic acids is 1. The van der Waals surface area contributed by atoms with E-state index in [1.54, 1.807) is 24.3 Å². The van der Waals surface area contributed by atoms with E-state index in [1.807, 2.05) is 0 Å². The summed E-state index contributed by atoms with van der Waals surface area (Å²) in [5.74, 6) is 5.26. The summed E-state index contributed by atoms with van der Waals surface area (Å²) in [5.41, 5.74) is 1.18. The Labute approximate surface area is 103 Å². The van der Waals surface area contributed by atoms with Gasteiger partial charge in [-0.3, -0.25) is 0 Å². The molecule has 0 saturated carbocycles. The predicted octanol–water partition coefficient (Wildman–Crippen LogP) is 3.71. The van der Waals surface area contributed by atoms with Crippen LogP contribution in [0.1, 0.15) is 54.9 Å². The summed E-state index contributed by atoms with van der Waals surface area (Å²) in [5, 5.41) is 8.74. The molecule has 0 amide bonds. The molecule has 1 rings (SSSR count). The van der Waals surface area contributed by atoms with Crippen molar-refractivity contribution in [3.05, 3.63) is 35.4 Å². The van der Waals surface area contributed by atoms with Crippen molar-refractivity contribution in [1.29, 1.82) is 0 Å². The van der Waals surface area contributed by atoms with Crippen LogP contribution in [0.4, 0.5) is 0 Å². The van der Waals surface area contributed by atoms with Crippen LogP contribution in [-0.2, 0) is 0 Å². The van der Waals surface area contributed by atoms with E-state index in [9.17, 15) is 4.79 Å². The fraction of sp³-hybridized carbons (Fsp3) is 0.400. The van der Waals surface area contributed by atoms with Crippen LogP contribution in [-0.4, -0.2) is 11.1 Å². The third-order valence-corrected chi connectivity index (χ3v) is 2.52. The first kappa shape index (κ1) is 13.3. The molecule has 0 aliphatic heterocycles. The smallest absolute Gasteiger partial charge is 0.335 e. The van der Waals surface area contributed by atoms with Crippen molar-refractivity contribution in [2.45, 2.75) is 39.0 Å². The number of rotatable bonds is 5. The normalized spacial score (nSPS) is 9.47. The minimum absolute atomic E-state index is 0.304. The third kappa shape index (κ3) is 5.21. The zero-order valence-electron chi connectivity index (χ0n) is 10.2. The molecule has 0 aliphatic rings. The third-order valence-electron chi connectivity index (χ3n) is 2.52. The highest BCUT2D eigenvalue weighted by Crippen LogP contribution is 2.04. The van der Waals surface area contributed by atoms with Crippen molar-refractivity contribution < 1.29 is 9.90 Å². The lowest BCUT2D eigenvalue weighted by molar-refractivity contribution is 0.0697. The SMILES string of the molecule is CCCCCCC#Cc1ccc(C(=O)O)cc1. The van der Waals surface area contributed by atoms with Crippen molar-refractivity contribution in [3.8, 4) is 11.8 Å². The number of hydrogen-bond donors (Lipinski definition) is 1. The minimum Gasteiger partial charge on any atom is -0.478 e. The monoisotopic (exact) mass is 230 g/mol. The molecule has 2 heteroatoms. The number of benzene rings is 1. The fourth-order valence-electron chi connectivity index (χ4n) is 1.50. The van der Waals surface area contributed by atoms with E-state index in [0.717, 1.165) is 18.4 Å². The van der Waals surface area contributed by atoms with Gasteiger partial charge >= 0.3 is 5.97 Å². The fourth-order valence-corrected chi connectivity index (χ4v) is 1.50. The average molecular weight is 230 g/mol. The molecule has 0 bridgehead atoms. The second-order valence-corrected chi connectivity index (χ2v) is 3.99. The Morgan fingerprint density at radius 3 is 2.47 bits per heavy atom. The van der Waals surface area contributed by atoms with E-state index in [2.05, 4.69) is 18.8 Å². The first-order valence-corrected chi connectivity index (χ1v) is 6.06. The van der Waals surface area contributed by atoms with E-state index >= 15 is 0 Å². The Morgan fingerprint density at radius 1 is 1.18 bits per heavy atom. The molecule has 1 aromatic rings. The second kappa shape index (κ2) is 7.51. The standard InChI is InChI=1S/C15H18O2/c1-2-3-4-5-6-7-8-13-9-11-14(12-10-13)15(16)17/h9-12H,2-6H2,1H3,(H,16,17). The van der Waals surface area contributed by atoms with Crippen molar-refractivity contribution in [2.75, 3.05) is 0 Å². The van der Waals surface area contributed by atoms with Crippen LogP contribution in [0.5, 0.6) is 0 Å². The summed E-state index contributed by atoms with van der Waals surface area (Å²) in [6, 6.07) is 6.68. The average Bonchev–Trinajstić information content (AvgIpc) is 2.34. The molecule has 0 atom stereocenters. The Balaban J connectivity index is 2.41. The van der Waals surface area contributed by atoms with Gasteiger partial charge in [0, 0.05) is 12.0 Å². The summed E-state index contributed by atoms with van der Waals surface area (Å²) < 4.78 is 0. The molecule has 0 radical (unpaired) electrons. The van der Waals surface area contributed by atoms with Crippen LogP contribution in [0.2, 0.25) is 0 Å². The quantitative estimate of drug-likeness (QED) is 0.618. The highest BCUT2D eigenvalue weighted by Gasteiger charge is 1.99. The summed E-state index contributed by atoms with van der Waals surface area (Å²) in [6.07, 6.45) is 5.82. The number of carboxylic acid groups (broad SMARTS) is 1. The molecule has 0 saturated heterocycles. The lowest BCUT2D eigenvalue weighted by atomic mass is 10.1. The van der Waals surface area contributed by atoms with Gasteiger partial charge in [0.15, 0.2) is 0 Å². The first-order valence-electron chi connectivity index (χ1n) is 6.06. The van der Waals surface area contributed by atoms with Gasteiger partial charge in [0.1, 0.15) is 0 Å². The van der Waals surface area contributed by atoms with Crippen molar-refractivity contribution in [1.82, 2.24) is 0 Å². The van der Waals surface area contributed by atoms with Crippen LogP contribution >= 0.6 is 0 Å². The maximum Gasteiger partial charge on any atom is 0.335 e. The summed E-state index contributed by atoms with van der Waals surface area (Å²) in [4.78, 5) is 10.6. The Bertz CT molecular complexity index is 407. The molecule has 0 heterocycles. The highest BCUT2D eigenvalue weighted by molar-refractivity contribution is 5.87. The molecule has 2 nitrogen and oxygen atoms in total. The predicted molar refractivity (Wildman–Crippen MR) is 69.0 cm³/mol. The number of aromatic carboxylic acids is 1. The Kier molecular flexibility index (Phi) is 5.88. The van der Waals surface area contributed by atoms with Crippen LogP contribution in [0.25, 0.3) is 0 Å². The van der Waals surface area contributed by atoms with Gasteiger partial charge in [0.2, 0.25) is 0 Å². The van der Waals surface area contributed by atoms with Gasteiger partial charge in [-0.25, -0.2) is 4.79 Å². The molecule has 0 aliphatic carbocycles. The molecule has 0 aromatic heterocycles. The molecule has 1 N–H and O–H groups in total. The van der Waals surface area contributed by atoms with Gasteiger partial charge < -0.3 is 5.11 Å². The Hall–Kier alpha value is -1.75. The van der Waals surface area contributed by atoms with Crippen molar-refractivity contribution in [2.24, 2.45) is 0 Å².